The summed E-state index contributed by atoms with van der Waals surface area (Å²) in [6.07, 6.45) is 5.90. The highest BCUT2D eigenvalue weighted by atomic mass is 15.0. The number of nitrogens with two attached hydrogens (primary N) is 1. The first-order valence-electron chi connectivity index (χ1n) is 4.85. The molecule has 0 fully saturated rings. The monoisotopic (exact) mass is 197 g/mol. The van der Waals surface area contributed by atoms with Gasteiger partial charge in [-0.1, -0.05) is 36.4 Å². The van der Waals surface area contributed by atoms with Crippen molar-refractivity contribution in [3.63, 3.8) is 0 Å². The summed E-state index contributed by atoms with van der Waals surface area (Å²) >= 11 is 0. The van der Waals surface area contributed by atoms with Gasteiger partial charge in [0.05, 0.1) is 12.4 Å². The predicted molar refractivity (Wildman–Crippen MR) is 62.7 cm³/mol. The minimum absolute atomic E-state index is 0.727. The van der Waals surface area contributed by atoms with Crippen molar-refractivity contribution in [3.05, 3.63) is 60.3 Å². The highest BCUT2D eigenvalue weighted by Gasteiger charge is 1.96. The zero-order valence-corrected chi connectivity index (χ0v) is 8.38. The Morgan fingerprint density at radius 2 is 1.67 bits per heavy atom. The van der Waals surface area contributed by atoms with E-state index in [2.05, 4.69) is 12.1 Å². The van der Waals surface area contributed by atoms with Crippen LogP contribution in [0, 0.1) is 0 Å². The Labute approximate surface area is 89.3 Å². The van der Waals surface area contributed by atoms with Gasteiger partial charge >= 0.3 is 0 Å². The summed E-state index contributed by atoms with van der Waals surface area (Å²) in [7, 11) is 0. The molecule has 0 atom stereocenters. The van der Waals surface area contributed by atoms with Crippen LogP contribution in [0.5, 0.6) is 0 Å². The highest BCUT2D eigenvalue weighted by molar-refractivity contribution is 5.56. The Morgan fingerprint density at radius 3 is 2.40 bits per heavy atom. The van der Waals surface area contributed by atoms with Gasteiger partial charge < -0.3 is 0 Å². The molecular formula is C13H13N2+. The zero-order valence-electron chi connectivity index (χ0n) is 8.38. The lowest BCUT2D eigenvalue weighted by molar-refractivity contribution is -0.551. The van der Waals surface area contributed by atoms with Crippen LogP contribution in [0.2, 0.25) is 0 Å². The van der Waals surface area contributed by atoms with Crippen molar-refractivity contribution < 1.29 is 4.57 Å². The summed E-state index contributed by atoms with van der Waals surface area (Å²) in [6, 6.07) is 15.9. The fraction of sp³-hybridized carbons (Fsp3) is 0. The van der Waals surface area contributed by atoms with Crippen molar-refractivity contribution in [3.8, 4) is 0 Å². The number of nitrogens with zero attached hydrogens (tertiary/aromatic N) is 1. The number of anilines is 1. The molecule has 1 aromatic carbocycles. The highest BCUT2D eigenvalue weighted by Crippen LogP contribution is 2.01. The Bertz CT molecular complexity index is 461. The Kier molecular flexibility index (Phi) is 2.79. The summed E-state index contributed by atoms with van der Waals surface area (Å²) < 4.78 is 1.88. The molecule has 74 valence electrons. The summed E-state index contributed by atoms with van der Waals surface area (Å²) in [6.45, 7) is 0. The molecule has 2 N–H and O–H groups in total. The molecule has 2 aromatic rings. The van der Waals surface area contributed by atoms with Crippen molar-refractivity contribution >= 4 is 18.1 Å². The third kappa shape index (κ3) is 2.44. The van der Waals surface area contributed by atoms with E-state index in [4.69, 9.17) is 5.73 Å². The van der Waals surface area contributed by atoms with Crippen molar-refractivity contribution in [2.24, 2.45) is 0 Å². The second-order valence-electron chi connectivity index (χ2n) is 3.26. The van der Waals surface area contributed by atoms with Crippen LogP contribution in [-0.2, 0) is 0 Å². The number of benzene rings is 1. The van der Waals surface area contributed by atoms with Crippen molar-refractivity contribution in [2.75, 3.05) is 5.73 Å². The van der Waals surface area contributed by atoms with E-state index in [9.17, 15) is 0 Å². The summed E-state index contributed by atoms with van der Waals surface area (Å²) in [5.41, 5.74) is 6.96. The maximum atomic E-state index is 5.80. The molecule has 0 saturated heterocycles. The zero-order chi connectivity index (χ0) is 10.5. The second-order valence-corrected chi connectivity index (χ2v) is 3.26. The molecule has 0 spiro atoms. The summed E-state index contributed by atoms with van der Waals surface area (Å²) in [4.78, 5) is 0. The van der Waals surface area contributed by atoms with E-state index >= 15 is 0 Å². The van der Waals surface area contributed by atoms with Gasteiger partial charge in [-0.05, 0) is 17.7 Å². The molecule has 1 heterocycles. The standard InChI is InChI=1S/C13H12N2/c14-13-8-4-5-10-15(13)11-9-12-6-2-1-3-7-12/h1-11,14H/p+1. The Balaban J connectivity index is 2.23. The molecule has 0 aliphatic carbocycles. The number of hydrogen-bond donors (Lipinski definition) is 1. The molecule has 15 heavy (non-hydrogen) atoms. The van der Waals surface area contributed by atoms with Gasteiger partial charge in [0.2, 0.25) is 0 Å². The van der Waals surface area contributed by atoms with Crippen LogP contribution in [0.1, 0.15) is 5.56 Å². The van der Waals surface area contributed by atoms with E-state index in [-0.39, 0.29) is 0 Å². The molecule has 2 rings (SSSR count). The van der Waals surface area contributed by atoms with E-state index in [1.807, 2.05) is 59.4 Å². The molecule has 2 heteroatoms. The van der Waals surface area contributed by atoms with Gasteiger partial charge in [0.1, 0.15) is 0 Å². The SMILES string of the molecule is Nc1cccc[n+]1C=Cc1ccccc1. The molecule has 0 amide bonds. The lowest BCUT2D eigenvalue weighted by Gasteiger charge is -1.95. The molecule has 0 unspecified atom stereocenters. The van der Waals surface area contributed by atoms with Crippen LogP contribution in [0.15, 0.2) is 54.7 Å². The third-order valence-electron chi connectivity index (χ3n) is 2.15. The van der Waals surface area contributed by atoms with Crippen LogP contribution in [0.25, 0.3) is 12.3 Å². The van der Waals surface area contributed by atoms with Crippen LogP contribution in [-0.4, -0.2) is 0 Å². The van der Waals surface area contributed by atoms with Gasteiger partial charge in [0.25, 0.3) is 5.82 Å². The van der Waals surface area contributed by atoms with Gasteiger partial charge in [-0.3, -0.25) is 5.73 Å². The van der Waals surface area contributed by atoms with Gasteiger partial charge in [0, 0.05) is 6.07 Å². The molecule has 0 radical (unpaired) electrons. The maximum absolute atomic E-state index is 5.80. The molecule has 0 aliphatic rings. The Morgan fingerprint density at radius 1 is 0.933 bits per heavy atom. The van der Waals surface area contributed by atoms with Gasteiger partial charge in [-0.2, -0.15) is 0 Å². The summed E-state index contributed by atoms with van der Waals surface area (Å²) in [5.74, 6) is 0.727. The molecule has 0 bridgehead atoms. The number of rotatable bonds is 2. The van der Waals surface area contributed by atoms with Crippen LogP contribution >= 0.6 is 0 Å². The van der Waals surface area contributed by atoms with Crippen LogP contribution < -0.4 is 10.3 Å². The van der Waals surface area contributed by atoms with E-state index in [0.717, 1.165) is 11.4 Å². The lowest BCUT2D eigenvalue weighted by atomic mass is 10.2. The van der Waals surface area contributed by atoms with E-state index in [0.29, 0.717) is 0 Å². The molecule has 0 aliphatic heterocycles. The lowest BCUT2D eigenvalue weighted by Crippen LogP contribution is -2.29. The average molecular weight is 197 g/mol. The maximum Gasteiger partial charge on any atom is 0.276 e. The largest absolute Gasteiger partial charge is 0.287 e. The first kappa shape index (κ1) is 9.46. The minimum atomic E-state index is 0.727. The molecular weight excluding hydrogens is 184 g/mol. The number of hydrogen-bond acceptors (Lipinski definition) is 1. The van der Waals surface area contributed by atoms with E-state index < -0.39 is 0 Å². The first-order valence-corrected chi connectivity index (χ1v) is 4.85. The molecule has 2 nitrogen and oxygen atoms in total. The smallest absolute Gasteiger partial charge is 0.276 e. The number of aromatic nitrogens is 1. The second kappa shape index (κ2) is 4.42. The van der Waals surface area contributed by atoms with Gasteiger partial charge in [-0.15, -0.1) is 0 Å². The van der Waals surface area contributed by atoms with Crippen LogP contribution in [0.4, 0.5) is 5.82 Å². The normalized spacial score (nSPS) is 10.7. The predicted octanol–water partition coefficient (Wildman–Crippen LogP) is 2.18. The number of nitrogen functional groups attached to an aromatic ring is 1. The minimum Gasteiger partial charge on any atom is -0.287 e. The topological polar surface area (TPSA) is 29.9 Å². The Hall–Kier alpha value is -2.09. The quantitative estimate of drug-likeness (QED) is 0.735. The van der Waals surface area contributed by atoms with Crippen molar-refractivity contribution in [1.82, 2.24) is 0 Å². The molecule has 1 aromatic heterocycles. The number of pyridine rings is 1. The summed E-state index contributed by atoms with van der Waals surface area (Å²) in [5, 5.41) is 0. The van der Waals surface area contributed by atoms with E-state index in [1.165, 1.54) is 0 Å². The van der Waals surface area contributed by atoms with E-state index in [1.54, 1.807) is 0 Å². The van der Waals surface area contributed by atoms with Crippen molar-refractivity contribution in [1.29, 1.82) is 0 Å². The third-order valence-corrected chi connectivity index (χ3v) is 2.15. The first-order chi connectivity index (χ1) is 7.36. The fourth-order valence-corrected chi connectivity index (χ4v) is 1.33. The van der Waals surface area contributed by atoms with Crippen molar-refractivity contribution in [2.45, 2.75) is 0 Å². The molecule has 0 saturated carbocycles. The van der Waals surface area contributed by atoms with Gasteiger partial charge in [0.15, 0.2) is 0 Å². The fourth-order valence-electron chi connectivity index (χ4n) is 1.33. The average Bonchev–Trinajstić information content (AvgIpc) is 2.29. The van der Waals surface area contributed by atoms with Crippen LogP contribution in [0.3, 0.4) is 0 Å². The van der Waals surface area contributed by atoms with Gasteiger partial charge in [-0.25, -0.2) is 4.57 Å².